The van der Waals surface area contributed by atoms with Crippen LogP contribution in [0.15, 0.2) is 42.6 Å². The van der Waals surface area contributed by atoms with E-state index in [4.69, 9.17) is 4.74 Å². The maximum absolute atomic E-state index is 11.9. The van der Waals surface area contributed by atoms with Crippen LogP contribution in [0, 0.1) is 0 Å². The molecule has 2 amide bonds. The summed E-state index contributed by atoms with van der Waals surface area (Å²) in [7, 11) is 1.47. The van der Waals surface area contributed by atoms with Gasteiger partial charge in [0.05, 0.1) is 7.11 Å². The normalized spacial score (nSPS) is 9.81. The lowest BCUT2D eigenvalue weighted by molar-refractivity contribution is 0.101. The van der Waals surface area contributed by atoms with E-state index in [0.717, 1.165) is 0 Å². The van der Waals surface area contributed by atoms with Crippen molar-refractivity contribution in [1.82, 2.24) is 4.98 Å². The average molecular weight is 285 g/mol. The Balaban J connectivity index is 2.08. The lowest BCUT2D eigenvalue weighted by Crippen LogP contribution is -2.20. The third kappa shape index (κ3) is 3.79. The smallest absolute Gasteiger partial charge is 0.323 e. The van der Waals surface area contributed by atoms with Crippen molar-refractivity contribution in [3.8, 4) is 5.88 Å². The molecule has 0 spiro atoms. The molecule has 6 nitrogen and oxygen atoms in total. The number of carbonyl (C=O) groups excluding carboxylic acids is 2. The van der Waals surface area contributed by atoms with Crippen molar-refractivity contribution < 1.29 is 14.3 Å². The van der Waals surface area contributed by atoms with Gasteiger partial charge in [-0.05, 0) is 31.2 Å². The van der Waals surface area contributed by atoms with Gasteiger partial charge in [0, 0.05) is 17.4 Å². The molecule has 2 rings (SSSR count). The van der Waals surface area contributed by atoms with Gasteiger partial charge in [0.2, 0.25) is 5.88 Å². The van der Waals surface area contributed by atoms with Crippen molar-refractivity contribution in [3.05, 3.63) is 48.2 Å². The number of nitrogens with one attached hydrogen (secondary N) is 2. The number of methoxy groups -OCH3 is 1. The first-order chi connectivity index (χ1) is 10.1. The fourth-order valence-corrected chi connectivity index (χ4v) is 1.75. The highest BCUT2D eigenvalue weighted by molar-refractivity contribution is 6.01. The Kier molecular flexibility index (Phi) is 4.50. The maximum Gasteiger partial charge on any atom is 0.323 e. The first-order valence-corrected chi connectivity index (χ1v) is 6.28. The van der Waals surface area contributed by atoms with Crippen molar-refractivity contribution in [2.24, 2.45) is 0 Å². The molecule has 2 N–H and O–H groups in total. The molecule has 1 heterocycles. The van der Waals surface area contributed by atoms with E-state index in [1.54, 1.807) is 42.6 Å². The molecule has 0 fully saturated rings. The number of hydrogen-bond donors (Lipinski definition) is 2. The van der Waals surface area contributed by atoms with Crippen LogP contribution < -0.4 is 15.4 Å². The molecule has 0 aliphatic rings. The molecule has 0 saturated carbocycles. The summed E-state index contributed by atoms with van der Waals surface area (Å²) in [6, 6.07) is 9.63. The van der Waals surface area contributed by atoms with Gasteiger partial charge in [-0.25, -0.2) is 9.78 Å². The molecule has 0 radical (unpaired) electrons. The molecule has 0 bridgehead atoms. The van der Waals surface area contributed by atoms with E-state index in [2.05, 4.69) is 15.6 Å². The van der Waals surface area contributed by atoms with Crippen LogP contribution in [0.25, 0.3) is 0 Å². The zero-order valence-corrected chi connectivity index (χ0v) is 11.7. The van der Waals surface area contributed by atoms with Crippen molar-refractivity contribution in [1.29, 1.82) is 0 Å². The summed E-state index contributed by atoms with van der Waals surface area (Å²) in [6.07, 6.45) is 1.57. The number of carbonyl (C=O) groups is 2. The number of pyridine rings is 1. The van der Waals surface area contributed by atoms with Crippen LogP contribution in [0.4, 0.5) is 16.2 Å². The van der Waals surface area contributed by atoms with Gasteiger partial charge in [0.15, 0.2) is 5.78 Å². The number of urea groups is 1. The Bertz CT molecular complexity index is 671. The second kappa shape index (κ2) is 6.51. The highest BCUT2D eigenvalue weighted by Crippen LogP contribution is 2.20. The minimum Gasteiger partial charge on any atom is -0.480 e. The number of amides is 2. The zero-order chi connectivity index (χ0) is 15.2. The fraction of sp³-hybridized carbons (Fsp3) is 0.133. The van der Waals surface area contributed by atoms with Gasteiger partial charge >= 0.3 is 6.03 Å². The van der Waals surface area contributed by atoms with Gasteiger partial charge < -0.3 is 15.4 Å². The Morgan fingerprint density at radius 3 is 2.67 bits per heavy atom. The summed E-state index contributed by atoms with van der Waals surface area (Å²) in [5.74, 6) is 0.262. The van der Waals surface area contributed by atoms with Crippen molar-refractivity contribution in [2.75, 3.05) is 17.7 Å². The summed E-state index contributed by atoms with van der Waals surface area (Å²) >= 11 is 0. The number of aromatic nitrogens is 1. The Hall–Kier alpha value is -2.89. The van der Waals surface area contributed by atoms with Gasteiger partial charge in [-0.2, -0.15) is 0 Å². The predicted octanol–water partition coefficient (Wildman–Crippen LogP) is 2.94. The number of Topliss-reactive ketones (excluding diaryl/α,β-unsaturated/α-hetero) is 1. The lowest BCUT2D eigenvalue weighted by Gasteiger charge is -2.10. The lowest BCUT2D eigenvalue weighted by atomic mass is 10.1. The number of hydrogen-bond acceptors (Lipinski definition) is 4. The van der Waals surface area contributed by atoms with Crippen molar-refractivity contribution >= 4 is 23.2 Å². The van der Waals surface area contributed by atoms with Gasteiger partial charge in [0.25, 0.3) is 0 Å². The third-order valence-electron chi connectivity index (χ3n) is 2.74. The predicted molar refractivity (Wildman–Crippen MR) is 79.9 cm³/mol. The van der Waals surface area contributed by atoms with Gasteiger partial charge in [0.1, 0.15) is 5.69 Å². The molecule has 0 aliphatic carbocycles. The summed E-state index contributed by atoms with van der Waals surface area (Å²) in [4.78, 5) is 27.2. The van der Waals surface area contributed by atoms with Crippen molar-refractivity contribution in [3.63, 3.8) is 0 Å². The summed E-state index contributed by atoms with van der Waals surface area (Å²) in [6.45, 7) is 1.47. The largest absolute Gasteiger partial charge is 0.480 e. The van der Waals surface area contributed by atoms with E-state index in [9.17, 15) is 9.59 Å². The summed E-state index contributed by atoms with van der Waals surface area (Å²) < 4.78 is 5.05. The fourth-order valence-electron chi connectivity index (χ4n) is 1.75. The van der Waals surface area contributed by atoms with Gasteiger partial charge in [-0.15, -0.1) is 0 Å². The Morgan fingerprint density at radius 2 is 1.95 bits per heavy atom. The van der Waals surface area contributed by atoms with Gasteiger partial charge in [-0.1, -0.05) is 12.1 Å². The number of ketones is 1. The van der Waals surface area contributed by atoms with Crippen LogP contribution in [-0.4, -0.2) is 23.9 Å². The number of benzene rings is 1. The molecule has 0 saturated heterocycles. The maximum atomic E-state index is 11.9. The number of anilines is 2. The van der Waals surface area contributed by atoms with Crippen LogP contribution in [0.5, 0.6) is 5.88 Å². The summed E-state index contributed by atoms with van der Waals surface area (Å²) in [5.41, 5.74) is 1.52. The van der Waals surface area contributed by atoms with Crippen LogP contribution in [-0.2, 0) is 0 Å². The molecule has 1 aromatic carbocycles. The SMILES string of the molecule is COc1ncccc1NC(=O)Nc1cccc(C(C)=O)c1. The van der Waals surface area contributed by atoms with E-state index in [1.807, 2.05) is 0 Å². The Labute approximate surface area is 122 Å². The second-order valence-corrected chi connectivity index (χ2v) is 4.28. The monoisotopic (exact) mass is 285 g/mol. The van der Waals surface area contributed by atoms with Crippen LogP contribution >= 0.6 is 0 Å². The number of nitrogens with zero attached hydrogens (tertiary/aromatic N) is 1. The molecule has 0 aliphatic heterocycles. The number of rotatable bonds is 4. The standard InChI is InChI=1S/C15H15N3O3/c1-10(19)11-5-3-6-12(9-11)17-15(20)18-13-7-4-8-16-14(13)21-2/h3-9H,1-2H3,(H2,17,18,20). The van der Waals surface area contributed by atoms with E-state index >= 15 is 0 Å². The van der Waals surface area contributed by atoms with E-state index in [1.165, 1.54) is 14.0 Å². The Morgan fingerprint density at radius 1 is 1.14 bits per heavy atom. The third-order valence-corrected chi connectivity index (χ3v) is 2.74. The van der Waals surface area contributed by atoms with E-state index in [-0.39, 0.29) is 5.78 Å². The first kappa shape index (κ1) is 14.5. The molecule has 21 heavy (non-hydrogen) atoms. The molecule has 2 aromatic rings. The molecule has 1 aromatic heterocycles. The average Bonchev–Trinajstić information content (AvgIpc) is 2.48. The molecule has 6 heteroatoms. The highest BCUT2D eigenvalue weighted by Gasteiger charge is 2.08. The zero-order valence-electron chi connectivity index (χ0n) is 11.7. The number of ether oxygens (including phenoxy) is 1. The molecule has 0 unspecified atom stereocenters. The van der Waals surface area contributed by atoms with E-state index < -0.39 is 6.03 Å². The quantitative estimate of drug-likeness (QED) is 0.846. The molecule has 0 atom stereocenters. The van der Waals surface area contributed by atoms with Crippen LogP contribution in [0.2, 0.25) is 0 Å². The highest BCUT2D eigenvalue weighted by atomic mass is 16.5. The van der Waals surface area contributed by atoms with Crippen molar-refractivity contribution in [2.45, 2.75) is 6.92 Å². The summed E-state index contributed by atoms with van der Waals surface area (Å²) in [5, 5.41) is 5.29. The van der Waals surface area contributed by atoms with E-state index in [0.29, 0.717) is 22.8 Å². The van der Waals surface area contributed by atoms with Crippen LogP contribution in [0.1, 0.15) is 17.3 Å². The second-order valence-electron chi connectivity index (χ2n) is 4.28. The molecule has 108 valence electrons. The van der Waals surface area contributed by atoms with Crippen LogP contribution in [0.3, 0.4) is 0 Å². The minimum absolute atomic E-state index is 0.0620. The minimum atomic E-state index is -0.443. The molecular weight excluding hydrogens is 270 g/mol. The van der Waals surface area contributed by atoms with Gasteiger partial charge in [-0.3, -0.25) is 4.79 Å². The topological polar surface area (TPSA) is 80.3 Å². The molecular formula is C15H15N3O3. The first-order valence-electron chi connectivity index (χ1n) is 6.28.